The Morgan fingerprint density at radius 1 is 1.19 bits per heavy atom. The van der Waals surface area contributed by atoms with E-state index in [-0.39, 0.29) is 17.6 Å². The molecule has 116 valence electrons. The fourth-order valence-electron chi connectivity index (χ4n) is 1.64. The van der Waals surface area contributed by atoms with Gasteiger partial charge in [-0.1, -0.05) is 0 Å². The van der Waals surface area contributed by atoms with Gasteiger partial charge in [-0.15, -0.1) is 0 Å². The molecule has 0 fully saturated rings. The van der Waals surface area contributed by atoms with Gasteiger partial charge in [-0.25, -0.2) is 4.39 Å². The second-order valence-corrected chi connectivity index (χ2v) is 6.78. The lowest BCUT2D eigenvalue weighted by Gasteiger charge is -2.19. The van der Waals surface area contributed by atoms with Crippen molar-refractivity contribution in [1.82, 2.24) is 0 Å². The van der Waals surface area contributed by atoms with E-state index in [1.165, 1.54) is 36.0 Å². The molecule has 0 amide bonds. The predicted octanol–water partition coefficient (Wildman–Crippen LogP) is 3.86. The van der Waals surface area contributed by atoms with Crippen LogP contribution in [-0.2, 0) is 9.53 Å². The van der Waals surface area contributed by atoms with E-state index < -0.39 is 5.60 Å². The van der Waals surface area contributed by atoms with Gasteiger partial charge in [0.25, 0.3) is 0 Å². The maximum atomic E-state index is 12.7. The van der Waals surface area contributed by atoms with Crippen LogP contribution in [0, 0.1) is 5.82 Å². The van der Waals surface area contributed by atoms with Crippen LogP contribution in [-0.4, -0.2) is 28.9 Å². The van der Waals surface area contributed by atoms with Gasteiger partial charge in [-0.2, -0.15) is 11.8 Å². The van der Waals surface area contributed by atoms with Crippen molar-refractivity contribution in [2.24, 2.45) is 0 Å². The van der Waals surface area contributed by atoms with E-state index in [4.69, 9.17) is 4.74 Å². The molecule has 0 radical (unpaired) electrons. The lowest BCUT2D eigenvalue weighted by Crippen LogP contribution is -2.25. The minimum atomic E-state index is -0.462. The fourth-order valence-corrected chi connectivity index (χ4v) is 2.36. The molecule has 0 N–H and O–H groups in total. The van der Waals surface area contributed by atoms with Crippen molar-refractivity contribution in [2.75, 3.05) is 11.5 Å². The van der Waals surface area contributed by atoms with Gasteiger partial charge < -0.3 is 4.74 Å². The summed E-state index contributed by atoms with van der Waals surface area (Å²) in [6.45, 7) is 5.49. The first kappa shape index (κ1) is 17.7. The van der Waals surface area contributed by atoms with Crippen LogP contribution in [0.15, 0.2) is 24.3 Å². The number of esters is 1. The summed E-state index contributed by atoms with van der Waals surface area (Å²) in [4.78, 5) is 23.3. The zero-order valence-corrected chi connectivity index (χ0v) is 13.5. The molecule has 0 saturated heterocycles. The second kappa shape index (κ2) is 8.17. The van der Waals surface area contributed by atoms with Gasteiger partial charge in [-0.05, 0) is 57.2 Å². The number of hydrogen-bond donors (Lipinski definition) is 0. The van der Waals surface area contributed by atoms with Crippen LogP contribution in [0.25, 0.3) is 0 Å². The molecular formula is C16H21FO3S. The maximum absolute atomic E-state index is 12.7. The van der Waals surface area contributed by atoms with Crippen LogP contribution in [0.5, 0.6) is 0 Å². The van der Waals surface area contributed by atoms with Gasteiger partial charge in [0, 0.05) is 12.0 Å². The van der Waals surface area contributed by atoms with E-state index in [1.807, 2.05) is 20.8 Å². The van der Waals surface area contributed by atoms with E-state index in [0.29, 0.717) is 29.9 Å². The van der Waals surface area contributed by atoms with Crippen molar-refractivity contribution in [3.8, 4) is 0 Å². The molecule has 0 unspecified atom stereocenters. The van der Waals surface area contributed by atoms with Crippen molar-refractivity contribution < 1.29 is 18.7 Å². The highest BCUT2D eigenvalue weighted by molar-refractivity contribution is 7.99. The van der Waals surface area contributed by atoms with E-state index in [2.05, 4.69) is 0 Å². The number of ether oxygens (including phenoxy) is 1. The molecular weight excluding hydrogens is 291 g/mol. The molecule has 0 spiro atoms. The number of ketones is 1. The molecule has 1 aromatic rings. The first-order valence-corrected chi connectivity index (χ1v) is 8.02. The molecule has 5 heteroatoms. The topological polar surface area (TPSA) is 43.4 Å². The van der Waals surface area contributed by atoms with E-state index in [1.54, 1.807) is 0 Å². The average molecular weight is 312 g/mol. The monoisotopic (exact) mass is 312 g/mol. The smallest absolute Gasteiger partial charge is 0.316 e. The summed E-state index contributed by atoms with van der Waals surface area (Å²) in [6.07, 6.45) is 1.08. The Bertz CT molecular complexity index is 477. The van der Waals surface area contributed by atoms with E-state index >= 15 is 0 Å². The molecule has 0 atom stereocenters. The Morgan fingerprint density at radius 2 is 1.81 bits per heavy atom. The summed E-state index contributed by atoms with van der Waals surface area (Å²) in [6, 6.07) is 5.55. The highest BCUT2D eigenvalue weighted by Crippen LogP contribution is 2.13. The SMILES string of the molecule is CC(C)(C)OC(=O)CSCCCC(=O)c1ccc(F)cc1. The highest BCUT2D eigenvalue weighted by atomic mass is 32.2. The first-order chi connectivity index (χ1) is 9.78. The quantitative estimate of drug-likeness (QED) is 0.435. The molecule has 0 aliphatic rings. The molecule has 0 aliphatic heterocycles. The summed E-state index contributed by atoms with van der Waals surface area (Å²) in [5.41, 5.74) is 0.0597. The molecule has 0 saturated carbocycles. The Labute approximate surface area is 129 Å². The number of halogens is 1. The summed E-state index contributed by atoms with van der Waals surface area (Å²) in [5, 5.41) is 0. The number of rotatable bonds is 7. The van der Waals surface area contributed by atoms with Gasteiger partial charge in [0.15, 0.2) is 5.78 Å². The van der Waals surface area contributed by atoms with Crippen molar-refractivity contribution in [1.29, 1.82) is 0 Å². The van der Waals surface area contributed by atoms with Crippen LogP contribution in [0.2, 0.25) is 0 Å². The molecule has 21 heavy (non-hydrogen) atoms. The lowest BCUT2D eigenvalue weighted by molar-refractivity contribution is -0.151. The average Bonchev–Trinajstić information content (AvgIpc) is 2.36. The van der Waals surface area contributed by atoms with Crippen molar-refractivity contribution in [3.05, 3.63) is 35.6 Å². The summed E-state index contributed by atoms with van der Waals surface area (Å²) in [5.74, 6) is 0.415. The van der Waals surface area contributed by atoms with Crippen molar-refractivity contribution in [3.63, 3.8) is 0 Å². The number of thioether (sulfide) groups is 1. The highest BCUT2D eigenvalue weighted by Gasteiger charge is 2.15. The number of carbonyl (C=O) groups is 2. The standard InChI is InChI=1S/C16H21FO3S/c1-16(2,3)20-15(19)11-21-10-4-5-14(18)12-6-8-13(17)9-7-12/h6-9H,4-5,10-11H2,1-3H3. The van der Waals surface area contributed by atoms with Crippen LogP contribution in [0.3, 0.4) is 0 Å². The van der Waals surface area contributed by atoms with Crippen molar-refractivity contribution >= 4 is 23.5 Å². The Morgan fingerprint density at radius 3 is 2.38 bits per heavy atom. The third-order valence-corrected chi connectivity index (χ3v) is 3.52. The second-order valence-electron chi connectivity index (χ2n) is 5.67. The molecule has 1 aromatic carbocycles. The van der Waals surface area contributed by atoms with E-state index in [0.717, 1.165) is 0 Å². The summed E-state index contributed by atoms with van der Waals surface area (Å²) in [7, 11) is 0. The number of carbonyl (C=O) groups excluding carboxylic acids is 2. The largest absolute Gasteiger partial charge is 0.459 e. The molecule has 3 nitrogen and oxygen atoms in total. The molecule has 0 aromatic heterocycles. The van der Waals surface area contributed by atoms with Gasteiger partial charge >= 0.3 is 5.97 Å². The summed E-state index contributed by atoms with van der Waals surface area (Å²) >= 11 is 1.45. The van der Waals surface area contributed by atoms with Crippen LogP contribution < -0.4 is 0 Å². The van der Waals surface area contributed by atoms with Crippen LogP contribution >= 0.6 is 11.8 Å². The minimum Gasteiger partial charge on any atom is -0.459 e. The Balaban J connectivity index is 2.18. The third-order valence-electron chi connectivity index (χ3n) is 2.50. The number of benzene rings is 1. The van der Waals surface area contributed by atoms with E-state index in [9.17, 15) is 14.0 Å². The number of hydrogen-bond acceptors (Lipinski definition) is 4. The normalized spacial score (nSPS) is 11.2. The van der Waals surface area contributed by atoms with Crippen molar-refractivity contribution in [2.45, 2.75) is 39.2 Å². The van der Waals surface area contributed by atoms with Crippen LogP contribution in [0.4, 0.5) is 4.39 Å². The fraction of sp³-hybridized carbons (Fsp3) is 0.500. The molecule has 1 rings (SSSR count). The molecule has 0 aliphatic carbocycles. The Hall–Kier alpha value is -1.36. The molecule has 0 heterocycles. The summed E-state index contributed by atoms with van der Waals surface area (Å²) < 4.78 is 17.9. The Kier molecular flexibility index (Phi) is 6.89. The lowest BCUT2D eigenvalue weighted by atomic mass is 10.1. The molecule has 0 bridgehead atoms. The van der Waals surface area contributed by atoms with Gasteiger partial charge in [0.05, 0.1) is 5.75 Å². The number of Topliss-reactive ketones (excluding diaryl/α,β-unsaturated/α-hetero) is 1. The zero-order valence-electron chi connectivity index (χ0n) is 12.6. The third kappa shape index (κ3) is 7.85. The van der Waals surface area contributed by atoms with Gasteiger partial charge in [0.1, 0.15) is 11.4 Å². The van der Waals surface area contributed by atoms with Gasteiger partial charge in [0.2, 0.25) is 0 Å². The first-order valence-electron chi connectivity index (χ1n) is 6.86. The minimum absolute atomic E-state index is 0.00660. The predicted molar refractivity (Wildman–Crippen MR) is 83.1 cm³/mol. The van der Waals surface area contributed by atoms with Crippen LogP contribution in [0.1, 0.15) is 44.0 Å². The maximum Gasteiger partial charge on any atom is 0.316 e. The van der Waals surface area contributed by atoms with Gasteiger partial charge in [-0.3, -0.25) is 9.59 Å². The zero-order chi connectivity index (χ0) is 15.9.